The van der Waals surface area contributed by atoms with Crippen molar-refractivity contribution < 1.29 is 9.90 Å². The molecule has 0 aromatic rings. The minimum Gasteiger partial charge on any atom is -0.480 e. The van der Waals surface area contributed by atoms with E-state index in [4.69, 9.17) is 16.7 Å². The molecule has 58 valence electrons. The molecule has 0 bridgehead atoms. The van der Waals surface area contributed by atoms with Crippen LogP contribution in [0.2, 0.25) is 0 Å². The summed E-state index contributed by atoms with van der Waals surface area (Å²) in [4.78, 5) is 10.6. The lowest BCUT2D eigenvalue weighted by molar-refractivity contribution is -0.143. The van der Waals surface area contributed by atoms with Gasteiger partial charge in [0.05, 0.1) is 5.88 Å². The van der Waals surface area contributed by atoms with E-state index in [9.17, 15) is 4.79 Å². The first kappa shape index (κ1) is 7.82. The third kappa shape index (κ3) is 1.11. The van der Waals surface area contributed by atoms with Gasteiger partial charge in [-0.1, -0.05) is 0 Å². The van der Waals surface area contributed by atoms with Crippen molar-refractivity contribution in [1.82, 2.24) is 5.32 Å². The molecule has 1 aliphatic rings. The maximum Gasteiger partial charge on any atom is 0.325 e. The summed E-state index contributed by atoms with van der Waals surface area (Å²) in [6.45, 7) is 0.763. The average molecular weight is 164 g/mol. The molecule has 0 saturated carbocycles. The lowest BCUT2D eigenvalue weighted by Gasteiger charge is -2.20. The van der Waals surface area contributed by atoms with Gasteiger partial charge in [-0.2, -0.15) is 0 Å². The van der Waals surface area contributed by atoms with Gasteiger partial charge < -0.3 is 10.4 Å². The van der Waals surface area contributed by atoms with E-state index in [2.05, 4.69) is 5.32 Å². The standard InChI is InChI=1S/C6H10ClNO2/c7-4-6(5(9)10)2-1-3-8-6/h8H,1-4H2,(H,9,10)/t6-/m1/s1. The van der Waals surface area contributed by atoms with E-state index >= 15 is 0 Å². The number of carboxylic acids is 1. The molecule has 4 heteroatoms. The Labute approximate surface area is 64.4 Å². The molecule has 0 aromatic carbocycles. The summed E-state index contributed by atoms with van der Waals surface area (Å²) in [6, 6.07) is 0. The van der Waals surface area contributed by atoms with Gasteiger partial charge in [-0.05, 0) is 19.4 Å². The molecule has 0 aromatic heterocycles. The van der Waals surface area contributed by atoms with E-state index < -0.39 is 11.5 Å². The van der Waals surface area contributed by atoms with Gasteiger partial charge in [0.2, 0.25) is 0 Å². The first-order valence-corrected chi connectivity index (χ1v) is 3.79. The number of aliphatic carboxylic acids is 1. The monoisotopic (exact) mass is 163 g/mol. The molecule has 10 heavy (non-hydrogen) atoms. The molecule has 1 heterocycles. The van der Waals surface area contributed by atoms with Crippen LogP contribution < -0.4 is 5.32 Å². The molecule has 1 aliphatic heterocycles. The Hall–Kier alpha value is -0.280. The van der Waals surface area contributed by atoms with E-state index in [0.717, 1.165) is 13.0 Å². The third-order valence-corrected chi connectivity index (χ3v) is 2.34. The highest BCUT2D eigenvalue weighted by Gasteiger charge is 2.39. The van der Waals surface area contributed by atoms with Crippen LogP contribution in [0.15, 0.2) is 0 Å². The summed E-state index contributed by atoms with van der Waals surface area (Å²) in [5.74, 6) is -0.678. The zero-order valence-corrected chi connectivity index (χ0v) is 6.32. The number of hydrogen-bond acceptors (Lipinski definition) is 2. The topological polar surface area (TPSA) is 49.3 Å². The molecule has 3 nitrogen and oxygen atoms in total. The van der Waals surface area contributed by atoms with Crippen molar-refractivity contribution >= 4 is 17.6 Å². The smallest absolute Gasteiger partial charge is 0.325 e. The Bertz CT molecular complexity index is 143. The van der Waals surface area contributed by atoms with Crippen molar-refractivity contribution in [1.29, 1.82) is 0 Å². The predicted molar refractivity (Wildman–Crippen MR) is 38.3 cm³/mol. The fourth-order valence-electron chi connectivity index (χ4n) is 1.16. The molecule has 0 amide bonds. The van der Waals surface area contributed by atoms with Crippen LogP contribution in [0, 0.1) is 0 Å². The van der Waals surface area contributed by atoms with Crippen LogP contribution >= 0.6 is 11.6 Å². The highest BCUT2D eigenvalue weighted by Crippen LogP contribution is 2.20. The Kier molecular flexibility index (Phi) is 2.16. The molecule has 1 fully saturated rings. The van der Waals surface area contributed by atoms with E-state index in [1.54, 1.807) is 0 Å². The number of carbonyl (C=O) groups is 1. The van der Waals surface area contributed by atoms with E-state index in [0.29, 0.717) is 6.42 Å². The fourth-order valence-corrected chi connectivity index (χ4v) is 1.50. The zero-order chi connectivity index (χ0) is 7.61. The summed E-state index contributed by atoms with van der Waals surface area (Å²) in [6.07, 6.45) is 1.55. The molecule has 0 spiro atoms. The van der Waals surface area contributed by atoms with Gasteiger partial charge in [0.1, 0.15) is 5.54 Å². The summed E-state index contributed by atoms with van der Waals surface area (Å²) in [5, 5.41) is 11.6. The first-order valence-electron chi connectivity index (χ1n) is 3.26. The Morgan fingerprint density at radius 1 is 1.80 bits per heavy atom. The maximum atomic E-state index is 10.6. The lowest BCUT2D eigenvalue weighted by Crippen LogP contribution is -2.49. The number of halogens is 1. The average Bonchev–Trinajstić information content (AvgIpc) is 2.35. The molecule has 1 saturated heterocycles. The molecule has 1 rings (SSSR count). The number of nitrogens with one attached hydrogen (secondary N) is 1. The van der Waals surface area contributed by atoms with Gasteiger partial charge in [0.25, 0.3) is 0 Å². The first-order chi connectivity index (χ1) is 4.71. The van der Waals surface area contributed by atoms with Crippen molar-refractivity contribution in [2.24, 2.45) is 0 Å². The summed E-state index contributed by atoms with van der Waals surface area (Å²) in [5.41, 5.74) is -0.832. The Balaban J connectivity index is 2.67. The van der Waals surface area contributed by atoms with Gasteiger partial charge in [-0.3, -0.25) is 4.79 Å². The van der Waals surface area contributed by atoms with Crippen LogP contribution in [0.3, 0.4) is 0 Å². The van der Waals surface area contributed by atoms with Crippen LogP contribution in [0.25, 0.3) is 0 Å². The summed E-state index contributed by atoms with van der Waals surface area (Å²) < 4.78 is 0. The number of rotatable bonds is 2. The van der Waals surface area contributed by atoms with Crippen molar-refractivity contribution in [3.05, 3.63) is 0 Å². The van der Waals surface area contributed by atoms with Gasteiger partial charge in [0.15, 0.2) is 0 Å². The van der Waals surface area contributed by atoms with Crippen LogP contribution in [-0.2, 0) is 4.79 Å². The molecule has 0 unspecified atom stereocenters. The largest absolute Gasteiger partial charge is 0.480 e. The summed E-state index contributed by atoms with van der Waals surface area (Å²) >= 11 is 5.52. The molecule has 0 radical (unpaired) electrons. The highest BCUT2D eigenvalue weighted by atomic mass is 35.5. The SMILES string of the molecule is O=C(O)[C@]1(CCl)CCCN1. The van der Waals surface area contributed by atoms with Crippen LogP contribution in [-0.4, -0.2) is 29.0 Å². The molecule has 2 N–H and O–H groups in total. The van der Waals surface area contributed by atoms with Crippen LogP contribution in [0.1, 0.15) is 12.8 Å². The number of carboxylic acid groups (broad SMARTS) is 1. The van der Waals surface area contributed by atoms with E-state index in [1.165, 1.54) is 0 Å². The van der Waals surface area contributed by atoms with Crippen LogP contribution in [0.5, 0.6) is 0 Å². The second-order valence-electron chi connectivity index (χ2n) is 2.55. The summed E-state index contributed by atoms with van der Waals surface area (Å²) in [7, 11) is 0. The van der Waals surface area contributed by atoms with Gasteiger partial charge in [-0.25, -0.2) is 0 Å². The number of hydrogen-bond donors (Lipinski definition) is 2. The zero-order valence-electron chi connectivity index (χ0n) is 5.56. The Morgan fingerprint density at radius 2 is 2.50 bits per heavy atom. The van der Waals surface area contributed by atoms with Crippen LogP contribution in [0.4, 0.5) is 0 Å². The molecular formula is C6H10ClNO2. The third-order valence-electron chi connectivity index (χ3n) is 1.88. The minimum absolute atomic E-state index is 0.155. The molecule has 1 atom stereocenters. The molecule has 0 aliphatic carbocycles. The molecular weight excluding hydrogens is 154 g/mol. The van der Waals surface area contributed by atoms with Crippen molar-refractivity contribution in [2.45, 2.75) is 18.4 Å². The minimum atomic E-state index is -0.833. The fraction of sp³-hybridized carbons (Fsp3) is 0.833. The van der Waals surface area contributed by atoms with Gasteiger partial charge >= 0.3 is 5.97 Å². The number of alkyl halides is 1. The highest BCUT2D eigenvalue weighted by molar-refractivity contribution is 6.20. The second kappa shape index (κ2) is 2.76. The van der Waals surface area contributed by atoms with Gasteiger partial charge in [0, 0.05) is 0 Å². The van der Waals surface area contributed by atoms with Crippen molar-refractivity contribution in [2.75, 3.05) is 12.4 Å². The lowest BCUT2D eigenvalue weighted by atomic mass is 10.0. The Morgan fingerprint density at radius 3 is 2.70 bits per heavy atom. The second-order valence-corrected chi connectivity index (χ2v) is 2.82. The van der Waals surface area contributed by atoms with E-state index in [1.807, 2.05) is 0 Å². The quantitative estimate of drug-likeness (QED) is 0.581. The van der Waals surface area contributed by atoms with Crippen molar-refractivity contribution in [3.63, 3.8) is 0 Å². The predicted octanol–water partition coefficient (Wildman–Crippen LogP) is 0.432. The van der Waals surface area contributed by atoms with Gasteiger partial charge in [-0.15, -0.1) is 11.6 Å². The normalized spacial score (nSPS) is 32.5. The van der Waals surface area contributed by atoms with Crippen molar-refractivity contribution in [3.8, 4) is 0 Å². The van der Waals surface area contributed by atoms with E-state index in [-0.39, 0.29) is 5.88 Å². The maximum absolute atomic E-state index is 10.6.